The molecule has 0 spiro atoms. The Kier molecular flexibility index (Phi) is 4.58. The van der Waals surface area contributed by atoms with E-state index in [0.29, 0.717) is 0 Å². The molecular formula is C14H13BrF2OS. The van der Waals surface area contributed by atoms with Gasteiger partial charge < -0.3 is 4.74 Å². The fourth-order valence-corrected chi connectivity index (χ4v) is 3.80. The smallest absolute Gasteiger partial charge is 0.387 e. The van der Waals surface area contributed by atoms with Gasteiger partial charge >= 0.3 is 6.61 Å². The zero-order valence-corrected chi connectivity index (χ0v) is 12.9. The number of hydrogen-bond donors (Lipinski definition) is 0. The average Bonchev–Trinajstić information content (AvgIpc) is 2.68. The Hall–Kier alpha value is -0.940. The Morgan fingerprint density at radius 2 is 1.79 bits per heavy atom. The zero-order valence-electron chi connectivity index (χ0n) is 10.5. The number of rotatable bonds is 4. The van der Waals surface area contributed by atoms with Crippen molar-refractivity contribution in [1.29, 1.82) is 0 Å². The molecule has 19 heavy (non-hydrogen) atoms. The molecule has 0 radical (unpaired) electrons. The van der Waals surface area contributed by atoms with Crippen molar-refractivity contribution in [3.05, 3.63) is 51.2 Å². The highest BCUT2D eigenvalue weighted by Crippen LogP contribution is 2.37. The Morgan fingerprint density at radius 1 is 1.16 bits per heavy atom. The molecule has 2 aromatic rings. The molecule has 1 heterocycles. The van der Waals surface area contributed by atoms with Gasteiger partial charge in [-0.25, -0.2) is 0 Å². The van der Waals surface area contributed by atoms with E-state index in [2.05, 4.69) is 40.6 Å². The molecule has 1 aromatic carbocycles. The Bertz CT molecular complexity index is 551. The number of benzene rings is 1. The molecule has 0 N–H and O–H groups in total. The van der Waals surface area contributed by atoms with E-state index in [4.69, 9.17) is 0 Å². The minimum Gasteiger partial charge on any atom is -0.435 e. The third kappa shape index (κ3) is 3.54. The fourth-order valence-electron chi connectivity index (χ4n) is 1.90. The zero-order chi connectivity index (χ0) is 14.0. The summed E-state index contributed by atoms with van der Waals surface area (Å²) in [6.07, 6.45) is 0. The second kappa shape index (κ2) is 6.01. The van der Waals surface area contributed by atoms with Crippen LogP contribution in [0.3, 0.4) is 0 Å². The van der Waals surface area contributed by atoms with Crippen LogP contribution in [0.15, 0.2) is 30.3 Å². The summed E-state index contributed by atoms with van der Waals surface area (Å²) in [4.78, 5) is 2.58. The Balaban J connectivity index is 2.20. The first kappa shape index (κ1) is 14.5. The van der Waals surface area contributed by atoms with Crippen LogP contribution in [-0.4, -0.2) is 6.61 Å². The van der Waals surface area contributed by atoms with E-state index in [0.717, 1.165) is 5.56 Å². The minimum atomic E-state index is -2.78. The lowest BCUT2D eigenvalue weighted by Crippen LogP contribution is -2.02. The molecule has 1 unspecified atom stereocenters. The van der Waals surface area contributed by atoms with Crippen molar-refractivity contribution in [2.24, 2.45) is 0 Å². The highest BCUT2D eigenvalue weighted by Gasteiger charge is 2.15. The van der Waals surface area contributed by atoms with E-state index < -0.39 is 6.61 Å². The predicted molar refractivity (Wildman–Crippen MR) is 77.6 cm³/mol. The van der Waals surface area contributed by atoms with Crippen molar-refractivity contribution < 1.29 is 13.5 Å². The molecule has 0 saturated carbocycles. The van der Waals surface area contributed by atoms with Crippen molar-refractivity contribution in [2.45, 2.75) is 25.3 Å². The van der Waals surface area contributed by atoms with Crippen LogP contribution in [0, 0.1) is 13.8 Å². The summed E-state index contributed by atoms with van der Waals surface area (Å²) in [5.41, 5.74) is 2.23. The summed E-state index contributed by atoms with van der Waals surface area (Å²) in [6, 6.07) is 8.85. The van der Waals surface area contributed by atoms with E-state index in [9.17, 15) is 8.78 Å². The summed E-state index contributed by atoms with van der Waals surface area (Å²) in [7, 11) is 0. The minimum absolute atomic E-state index is 0.0676. The number of ether oxygens (including phenoxy) is 1. The molecular weight excluding hydrogens is 334 g/mol. The quantitative estimate of drug-likeness (QED) is 0.668. The molecule has 0 aliphatic carbocycles. The number of alkyl halides is 3. The summed E-state index contributed by atoms with van der Waals surface area (Å²) < 4.78 is 28.5. The van der Waals surface area contributed by atoms with Crippen LogP contribution in [0.4, 0.5) is 8.78 Å². The number of thiophene rings is 1. The van der Waals surface area contributed by atoms with Crippen molar-refractivity contribution >= 4 is 27.3 Å². The van der Waals surface area contributed by atoms with Gasteiger partial charge in [-0.15, -0.1) is 11.3 Å². The Morgan fingerprint density at radius 3 is 2.26 bits per heavy atom. The van der Waals surface area contributed by atoms with E-state index in [-0.39, 0.29) is 10.6 Å². The molecule has 0 amide bonds. The highest BCUT2D eigenvalue weighted by atomic mass is 79.9. The van der Waals surface area contributed by atoms with E-state index in [1.54, 1.807) is 35.6 Å². The average molecular weight is 347 g/mol. The van der Waals surface area contributed by atoms with Crippen LogP contribution >= 0.6 is 27.3 Å². The van der Waals surface area contributed by atoms with Gasteiger partial charge in [0.05, 0.1) is 4.83 Å². The standard InChI is InChI=1S/C14H13BrF2OS/c1-8-7-12(9(2)19-8)13(15)10-3-5-11(6-4-10)18-14(16)17/h3-7,13-14H,1-2H3. The lowest BCUT2D eigenvalue weighted by atomic mass is 10.1. The lowest BCUT2D eigenvalue weighted by Gasteiger charge is -2.11. The molecule has 0 aliphatic rings. The van der Waals surface area contributed by atoms with Crippen LogP contribution in [0.5, 0.6) is 5.75 Å². The Labute approximate surface area is 123 Å². The van der Waals surface area contributed by atoms with Gasteiger partial charge in [-0.2, -0.15) is 8.78 Å². The van der Waals surface area contributed by atoms with Gasteiger partial charge in [0.15, 0.2) is 0 Å². The van der Waals surface area contributed by atoms with Crippen molar-refractivity contribution in [3.63, 3.8) is 0 Å². The maximum Gasteiger partial charge on any atom is 0.387 e. The largest absolute Gasteiger partial charge is 0.435 e. The molecule has 1 nitrogen and oxygen atoms in total. The molecule has 0 aliphatic heterocycles. The fraction of sp³-hybridized carbons (Fsp3) is 0.286. The predicted octanol–water partition coefficient (Wildman–Crippen LogP) is 5.45. The third-order valence-electron chi connectivity index (χ3n) is 2.75. The summed E-state index contributed by atoms with van der Waals surface area (Å²) in [6.45, 7) is 1.36. The molecule has 2 rings (SSSR count). The maximum atomic E-state index is 12.1. The van der Waals surface area contributed by atoms with E-state index >= 15 is 0 Å². The second-order valence-electron chi connectivity index (χ2n) is 4.18. The van der Waals surface area contributed by atoms with E-state index in [1.807, 2.05) is 0 Å². The monoisotopic (exact) mass is 346 g/mol. The summed E-state index contributed by atoms with van der Waals surface area (Å²) in [5.74, 6) is 0.177. The number of aryl methyl sites for hydroxylation is 2. The van der Waals surface area contributed by atoms with E-state index in [1.165, 1.54) is 15.3 Å². The van der Waals surface area contributed by atoms with Crippen LogP contribution in [-0.2, 0) is 0 Å². The van der Waals surface area contributed by atoms with Gasteiger partial charge in [0.1, 0.15) is 5.75 Å². The first-order chi connectivity index (χ1) is 8.97. The molecule has 1 aromatic heterocycles. The van der Waals surface area contributed by atoms with Gasteiger partial charge in [-0.05, 0) is 43.2 Å². The number of hydrogen-bond acceptors (Lipinski definition) is 2. The summed E-state index contributed by atoms with van der Waals surface area (Å²) >= 11 is 5.40. The van der Waals surface area contributed by atoms with Crippen LogP contribution in [0.2, 0.25) is 0 Å². The van der Waals surface area contributed by atoms with Crippen LogP contribution in [0.1, 0.15) is 25.7 Å². The molecule has 5 heteroatoms. The van der Waals surface area contributed by atoms with Gasteiger partial charge in [-0.1, -0.05) is 28.1 Å². The van der Waals surface area contributed by atoms with Crippen molar-refractivity contribution in [1.82, 2.24) is 0 Å². The number of halogens is 3. The normalized spacial score (nSPS) is 12.7. The molecule has 0 saturated heterocycles. The second-order valence-corrected chi connectivity index (χ2v) is 6.55. The maximum absolute atomic E-state index is 12.1. The molecule has 0 fully saturated rings. The van der Waals surface area contributed by atoms with Crippen LogP contribution < -0.4 is 4.74 Å². The molecule has 0 bridgehead atoms. The van der Waals surface area contributed by atoms with Gasteiger partial charge in [0.25, 0.3) is 0 Å². The van der Waals surface area contributed by atoms with Gasteiger partial charge in [0.2, 0.25) is 0 Å². The van der Waals surface area contributed by atoms with Gasteiger partial charge in [-0.3, -0.25) is 0 Å². The molecule has 1 atom stereocenters. The topological polar surface area (TPSA) is 9.23 Å². The first-order valence-electron chi connectivity index (χ1n) is 5.73. The first-order valence-corrected chi connectivity index (χ1v) is 7.46. The van der Waals surface area contributed by atoms with Crippen molar-refractivity contribution in [2.75, 3.05) is 0 Å². The van der Waals surface area contributed by atoms with Crippen molar-refractivity contribution in [3.8, 4) is 5.75 Å². The van der Waals surface area contributed by atoms with Gasteiger partial charge in [0, 0.05) is 9.75 Å². The highest BCUT2D eigenvalue weighted by molar-refractivity contribution is 9.09. The van der Waals surface area contributed by atoms with Crippen LogP contribution in [0.25, 0.3) is 0 Å². The SMILES string of the molecule is Cc1cc(C(Br)c2ccc(OC(F)F)cc2)c(C)s1. The lowest BCUT2D eigenvalue weighted by molar-refractivity contribution is -0.0498. The summed E-state index contributed by atoms with van der Waals surface area (Å²) in [5, 5.41) is 0. The molecule has 102 valence electrons. The third-order valence-corrected chi connectivity index (χ3v) is 4.75.